The van der Waals surface area contributed by atoms with Crippen molar-refractivity contribution in [2.45, 2.75) is 20.8 Å². The molecule has 0 unspecified atom stereocenters. The maximum Gasteiger partial charge on any atom is 0.325 e. The molecule has 0 aromatic carbocycles. The molecule has 6 heteroatoms. The molecule has 1 N–H and O–H groups in total. The lowest BCUT2D eigenvalue weighted by atomic mass is 10.5. The summed E-state index contributed by atoms with van der Waals surface area (Å²) in [5.41, 5.74) is 0. The Kier molecular flexibility index (Phi) is 13.2. The van der Waals surface area contributed by atoms with Gasteiger partial charge in [0.05, 0.1) is 13.7 Å². The maximum absolute atomic E-state index is 9.03. The van der Waals surface area contributed by atoms with E-state index >= 15 is 0 Å². The van der Waals surface area contributed by atoms with Gasteiger partial charge in [-0.25, -0.2) is 0 Å². The van der Waals surface area contributed by atoms with Crippen LogP contribution in [0.3, 0.4) is 0 Å². The highest BCUT2D eigenvalue weighted by Gasteiger charge is 2.07. The van der Waals surface area contributed by atoms with E-state index in [1.54, 1.807) is 12.1 Å². The molecule has 0 amide bonds. The van der Waals surface area contributed by atoms with Crippen LogP contribution in [0.5, 0.6) is 5.75 Å². The van der Waals surface area contributed by atoms with E-state index in [2.05, 4.69) is 4.74 Å². The molecule has 0 aliphatic rings. The molecule has 0 spiro atoms. The molecule has 0 aliphatic carbocycles. The first-order valence-electron chi connectivity index (χ1n) is 5.15. The van der Waals surface area contributed by atoms with Crippen LogP contribution in [0.1, 0.15) is 20.8 Å². The fraction of sp³-hybridized carbons (Fsp3) is 0.455. The summed E-state index contributed by atoms with van der Waals surface area (Å²) in [6.07, 6.45) is 1.41. The summed E-state index contributed by atoms with van der Waals surface area (Å²) in [4.78, 5) is 8.95. The first kappa shape index (κ1) is 17.9. The second-order valence-electron chi connectivity index (χ2n) is 2.30. The third-order valence-electron chi connectivity index (χ3n) is 1.26. The van der Waals surface area contributed by atoms with Crippen LogP contribution in [0.2, 0.25) is 5.15 Å². The highest BCUT2D eigenvalue weighted by atomic mass is 35.5. The van der Waals surface area contributed by atoms with Crippen LogP contribution in [0.15, 0.2) is 18.3 Å². The van der Waals surface area contributed by atoms with E-state index in [1.807, 2.05) is 20.8 Å². The molecule has 0 radical (unpaired) electrons. The lowest BCUT2D eigenvalue weighted by Crippen LogP contribution is -2.30. The molecule has 0 aliphatic heterocycles. The van der Waals surface area contributed by atoms with Crippen molar-refractivity contribution in [1.29, 1.82) is 0 Å². The minimum absolute atomic E-state index is 0.258. The van der Waals surface area contributed by atoms with Crippen LogP contribution >= 0.6 is 11.6 Å². The Hall–Kier alpha value is -1.49. The predicted octanol–water partition coefficient (Wildman–Crippen LogP) is 2.08. The third-order valence-corrected chi connectivity index (χ3v) is 1.56. The minimum atomic E-state index is 0.258. The van der Waals surface area contributed by atoms with Gasteiger partial charge in [0, 0.05) is 10.8 Å². The zero-order valence-electron chi connectivity index (χ0n) is 10.5. The van der Waals surface area contributed by atoms with Gasteiger partial charge in [-0.15, -0.1) is 0 Å². The van der Waals surface area contributed by atoms with Crippen LogP contribution in [0, 0.1) is 0 Å². The summed E-state index contributed by atoms with van der Waals surface area (Å²) in [6, 6.07) is 3.26. The fourth-order valence-corrected chi connectivity index (χ4v) is 0.816. The van der Waals surface area contributed by atoms with E-state index in [9.17, 15) is 0 Å². The molecule has 17 heavy (non-hydrogen) atoms. The second-order valence-corrected chi connectivity index (χ2v) is 2.68. The summed E-state index contributed by atoms with van der Waals surface area (Å²) in [5.74, 6) is 0.597. The minimum Gasteiger partial charge on any atom is -0.488 e. The van der Waals surface area contributed by atoms with Gasteiger partial charge in [0.2, 0.25) is 0 Å². The molecule has 98 valence electrons. The Morgan fingerprint density at radius 3 is 2.35 bits per heavy atom. The van der Waals surface area contributed by atoms with E-state index in [4.69, 9.17) is 26.3 Å². The summed E-state index contributed by atoms with van der Waals surface area (Å²) in [5, 5.41) is 9.29. The van der Waals surface area contributed by atoms with Crippen LogP contribution in [-0.4, -0.2) is 25.4 Å². The number of aromatic nitrogens is 1. The summed E-state index contributed by atoms with van der Waals surface area (Å²) in [7, 11) is 1.31. The molecule has 5 nitrogen and oxygen atoms in total. The highest BCUT2D eigenvalue weighted by Crippen LogP contribution is 2.09. The van der Waals surface area contributed by atoms with Crippen molar-refractivity contribution in [2.75, 3.05) is 13.7 Å². The molecule has 0 saturated heterocycles. The fourth-order valence-electron chi connectivity index (χ4n) is 0.705. The number of halogens is 1. The first-order valence-corrected chi connectivity index (χ1v) is 5.53. The van der Waals surface area contributed by atoms with Crippen molar-refractivity contribution in [3.8, 4) is 5.75 Å². The number of pyridine rings is 1. The average Bonchev–Trinajstić information content (AvgIpc) is 2.37. The van der Waals surface area contributed by atoms with E-state index in [0.29, 0.717) is 18.8 Å². The summed E-state index contributed by atoms with van der Waals surface area (Å²) < 4.78 is 9.78. The standard InChI is InChI=1S/C7H9ClNO2.C2H4O2.C2H6/c1-2-11-6-3-4-7(8)9(10)5-6;1-4-2-3;1-2/h3-5,10H,2H2,1H3;2H,1H3;1-2H3/q+1;;. The Morgan fingerprint density at radius 1 is 1.47 bits per heavy atom. The van der Waals surface area contributed by atoms with Crippen LogP contribution in [0.25, 0.3) is 0 Å². The van der Waals surface area contributed by atoms with Gasteiger partial charge in [-0.2, -0.15) is 0 Å². The molecule has 1 heterocycles. The van der Waals surface area contributed by atoms with Gasteiger partial charge < -0.3 is 9.47 Å². The van der Waals surface area contributed by atoms with E-state index in [0.717, 1.165) is 4.73 Å². The van der Waals surface area contributed by atoms with Gasteiger partial charge in [-0.1, -0.05) is 13.8 Å². The Labute approximate surface area is 107 Å². The molecule has 1 rings (SSSR count). The number of nitrogens with zero attached hydrogens (tertiary/aromatic N) is 1. The number of carbonyl (C=O) groups is 1. The molecule has 1 aromatic rings. The molecular formula is C11H19ClNO4+. The van der Waals surface area contributed by atoms with E-state index in [-0.39, 0.29) is 5.15 Å². The number of methoxy groups -OCH3 is 1. The molecule has 0 saturated carbocycles. The number of rotatable bonds is 3. The molecular weight excluding hydrogens is 246 g/mol. The van der Waals surface area contributed by atoms with Crippen LogP contribution < -0.4 is 9.47 Å². The van der Waals surface area contributed by atoms with Crippen LogP contribution in [-0.2, 0) is 9.53 Å². The van der Waals surface area contributed by atoms with Crippen molar-refractivity contribution in [3.05, 3.63) is 23.5 Å². The van der Waals surface area contributed by atoms with Gasteiger partial charge in [-0.05, 0) is 24.6 Å². The number of hydrogen-bond donors (Lipinski definition) is 1. The second kappa shape index (κ2) is 12.6. The van der Waals surface area contributed by atoms with Gasteiger partial charge >= 0.3 is 5.15 Å². The maximum atomic E-state index is 9.03. The Bertz CT molecular complexity index is 308. The Morgan fingerprint density at radius 2 is 2.00 bits per heavy atom. The SMILES string of the molecule is CC.CCOc1ccc(Cl)[n+](O)c1.COC=O. The highest BCUT2D eigenvalue weighted by molar-refractivity contribution is 6.28. The zero-order valence-corrected chi connectivity index (χ0v) is 11.3. The quantitative estimate of drug-likeness (QED) is 0.393. The molecule has 1 aromatic heterocycles. The first-order chi connectivity index (χ1) is 8.15. The van der Waals surface area contributed by atoms with Crippen molar-refractivity contribution < 1.29 is 24.2 Å². The van der Waals surface area contributed by atoms with Crippen molar-refractivity contribution >= 4 is 18.1 Å². The van der Waals surface area contributed by atoms with Crippen molar-refractivity contribution in [3.63, 3.8) is 0 Å². The predicted molar refractivity (Wildman–Crippen MR) is 64.4 cm³/mol. The van der Waals surface area contributed by atoms with Gasteiger partial charge in [0.25, 0.3) is 12.7 Å². The molecule has 0 fully saturated rings. The number of hydrogen-bond acceptors (Lipinski definition) is 4. The number of ether oxygens (including phenoxy) is 2. The van der Waals surface area contributed by atoms with Gasteiger partial charge in [0.15, 0.2) is 5.75 Å². The molecule has 0 bridgehead atoms. The topological polar surface area (TPSA) is 59.6 Å². The van der Waals surface area contributed by atoms with Gasteiger partial charge in [0.1, 0.15) is 0 Å². The lowest BCUT2D eigenvalue weighted by molar-refractivity contribution is -0.903. The molecule has 0 atom stereocenters. The van der Waals surface area contributed by atoms with Gasteiger partial charge in [-0.3, -0.25) is 10.0 Å². The van der Waals surface area contributed by atoms with Crippen LogP contribution in [0.4, 0.5) is 0 Å². The van der Waals surface area contributed by atoms with E-state index < -0.39 is 0 Å². The number of carbonyl (C=O) groups excluding carboxylic acids is 1. The summed E-state index contributed by atoms with van der Waals surface area (Å²) in [6.45, 7) is 6.82. The third kappa shape index (κ3) is 9.44. The average molecular weight is 265 g/mol. The monoisotopic (exact) mass is 264 g/mol. The van der Waals surface area contributed by atoms with Crippen molar-refractivity contribution in [1.82, 2.24) is 0 Å². The smallest absolute Gasteiger partial charge is 0.325 e. The van der Waals surface area contributed by atoms with E-state index in [1.165, 1.54) is 13.3 Å². The Balaban J connectivity index is 0. The summed E-state index contributed by atoms with van der Waals surface area (Å²) >= 11 is 5.54. The lowest BCUT2D eigenvalue weighted by Gasteiger charge is -1.97. The van der Waals surface area contributed by atoms with Crippen molar-refractivity contribution in [2.24, 2.45) is 0 Å². The normalized spacial score (nSPS) is 7.82. The zero-order chi connectivity index (χ0) is 13.7. The largest absolute Gasteiger partial charge is 0.488 e.